The standard InChI is InChI=1S/C15H15N5OS.C2H6/c1-8-5-10-6-11(3-4-13(10)21-8)18-14(17)20-15-19-12(7-22-15)9(2)16;1-2/h3-7H,2,16H2,1H3,(H3,17,18,19,20);1-2H3. The third kappa shape index (κ3) is 4.14. The van der Waals surface area contributed by atoms with E-state index < -0.39 is 0 Å². The summed E-state index contributed by atoms with van der Waals surface area (Å²) in [5, 5.41) is 6.34. The number of furan rings is 1. The molecule has 24 heavy (non-hydrogen) atoms. The van der Waals surface area contributed by atoms with Gasteiger partial charge in [-0.1, -0.05) is 20.4 Å². The molecule has 3 rings (SSSR count). The van der Waals surface area contributed by atoms with E-state index in [2.05, 4.69) is 21.9 Å². The van der Waals surface area contributed by atoms with Crippen LogP contribution >= 0.6 is 11.3 Å². The van der Waals surface area contributed by atoms with Gasteiger partial charge in [-0.3, -0.25) is 0 Å². The third-order valence-electron chi connectivity index (χ3n) is 2.95. The Kier molecular flexibility index (Phi) is 5.59. The second kappa shape index (κ2) is 7.65. The lowest BCUT2D eigenvalue weighted by molar-refractivity contribution is 0.578. The molecule has 3 aromatic rings. The number of hydrogen-bond donors (Lipinski definition) is 3. The van der Waals surface area contributed by atoms with Gasteiger partial charge in [0.1, 0.15) is 11.3 Å². The topological polar surface area (TPSA) is 102 Å². The zero-order chi connectivity index (χ0) is 17.7. The molecule has 126 valence electrons. The Bertz CT molecular complexity index is 878. The van der Waals surface area contributed by atoms with Crippen LogP contribution in [-0.2, 0) is 0 Å². The van der Waals surface area contributed by atoms with E-state index in [0.29, 0.717) is 16.5 Å². The van der Waals surface area contributed by atoms with Crippen LogP contribution in [0.25, 0.3) is 16.7 Å². The highest BCUT2D eigenvalue weighted by atomic mass is 32.1. The van der Waals surface area contributed by atoms with E-state index in [4.69, 9.17) is 15.9 Å². The molecular weight excluding hydrogens is 322 g/mol. The monoisotopic (exact) mass is 343 g/mol. The van der Waals surface area contributed by atoms with Gasteiger partial charge in [0.2, 0.25) is 11.1 Å². The lowest BCUT2D eigenvalue weighted by atomic mass is 10.2. The number of nitrogens with two attached hydrogens (primary N) is 2. The van der Waals surface area contributed by atoms with Crippen molar-refractivity contribution in [2.24, 2.45) is 16.5 Å². The van der Waals surface area contributed by atoms with Gasteiger partial charge >= 0.3 is 0 Å². The number of nitrogens with zero attached hydrogens (tertiary/aromatic N) is 2. The van der Waals surface area contributed by atoms with Crippen molar-refractivity contribution in [1.29, 1.82) is 0 Å². The Morgan fingerprint density at radius 2 is 2.04 bits per heavy atom. The summed E-state index contributed by atoms with van der Waals surface area (Å²) in [6, 6.07) is 7.68. The van der Waals surface area contributed by atoms with Gasteiger partial charge < -0.3 is 21.2 Å². The molecule has 0 bridgehead atoms. The number of hydrogen-bond acceptors (Lipinski definition) is 5. The summed E-state index contributed by atoms with van der Waals surface area (Å²) in [5.74, 6) is 1.12. The molecule has 0 aliphatic rings. The largest absolute Gasteiger partial charge is 0.461 e. The van der Waals surface area contributed by atoms with Gasteiger partial charge in [-0.15, -0.1) is 11.3 Å². The van der Waals surface area contributed by atoms with E-state index in [-0.39, 0.29) is 5.96 Å². The molecule has 0 aliphatic carbocycles. The molecule has 2 heterocycles. The Labute approximate surface area is 144 Å². The van der Waals surface area contributed by atoms with Gasteiger partial charge in [-0.25, -0.2) is 4.98 Å². The quantitative estimate of drug-likeness (QED) is 0.488. The first-order chi connectivity index (χ1) is 11.5. The summed E-state index contributed by atoms with van der Waals surface area (Å²) in [5.41, 5.74) is 14.2. The minimum absolute atomic E-state index is 0.253. The first-order valence-electron chi connectivity index (χ1n) is 7.53. The summed E-state index contributed by atoms with van der Waals surface area (Å²) in [4.78, 5) is 8.43. The fourth-order valence-corrected chi connectivity index (χ4v) is 2.72. The summed E-state index contributed by atoms with van der Waals surface area (Å²) in [6.07, 6.45) is 0. The van der Waals surface area contributed by atoms with Gasteiger partial charge in [-0.05, 0) is 31.2 Å². The van der Waals surface area contributed by atoms with Gasteiger partial charge in [0.25, 0.3) is 0 Å². The number of aryl methyl sites for hydroxylation is 1. The molecule has 0 spiro atoms. The van der Waals surface area contributed by atoms with Gasteiger partial charge in [0, 0.05) is 16.5 Å². The van der Waals surface area contributed by atoms with E-state index >= 15 is 0 Å². The summed E-state index contributed by atoms with van der Waals surface area (Å²) < 4.78 is 5.53. The van der Waals surface area contributed by atoms with Crippen molar-refractivity contribution < 1.29 is 4.42 Å². The molecule has 0 unspecified atom stereocenters. The zero-order valence-electron chi connectivity index (χ0n) is 14.0. The molecule has 0 fully saturated rings. The molecule has 6 nitrogen and oxygen atoms in total. The Morgan fingerprint density at radius 3 is 2.71 bits per heavy atom. The lowest BCUT2D eigenvalue weighted by Gasteiger charge is -2.04. The van der Waals surface area contributed by atoms with Crippen molar-refractivity contribution in [3.05, 3.63) is 47.7 Å². The average molecular weight is 343 g/mol. The van der Waals surface area contributed by atoms with Crippen LogP contribution in [0.15, 0.2) is 45.6 Å². The van der Waals surface area contributed by atoms with Crippen molar-refractivity contribution in [2.75, 3.05) is 5.32 Å². The van der Waals surface area contributed by atoms with Crippen LogP contribution in [0.4, 0.5) is 10.8 Å². The fourth-order valence-electron chi connectivity index (χ4n) is 2.00. The number of aliphatic imine (C=N–C) groups is 1. The normalized spacial score (nSPS) is 11.0. The number of anilines is 1. The lowest BCUT2D eigenvalue weighted by Crippen LogP contribution is -2.21. The van der Waals surface area contributed by atoms with Crippen molar-refractivity contribution in [3.8, 4) is 0 Å². The van der Waals surface area contributed by atoms with Crippen LogP contribution in [0, 0.1) is 6.92 Å². The number of guanidine groups is 1. The van der Waals surface area contributed by atoms with Gasteiger partial charge in [-0.2, -0.15) is 4.99 Å². The van der Waals surface area contributed by atoms with Crippen molar-refractivity contribution in [3.63, 3.8) is 0 Å². The van der Waals surface area contributed by atoms with E-state index in [0.717, 1.165) is 22.4 Å². The van der Waals surface area contributed by atoms with Gasteiger partial charge in [0.05, 0.1) is 11.4 Å². The second-order valence-electron chi connectivity index (χ2n) is 4.77. The fraction of sp³-hybridized carbons (Fsp3) is 0.176. The van der Waals surface area contributed by atoms with Crippen molar-refractivity contribution >= 4 is 44.8 Å². The highest BCUT2D eigenvalue weighted by Gasteiger charge is 2.05. The van der Waals surface area contributed by atoms with Crippen LogP contribution in [0.3, 0.4) is 0 Å². The summed E-state index contributed by atoms with van der Waals surface area (Å²) in [6.45, 7) is 9.55. The molecule has 2 aromatic heterocycles. The Balaban J connectivity index is 0.00000100. The second-order valence-corrected chi connectivity index (χ2v) is 5.61. The van der Waals surface area contributed by atoms with Crippen LogP contribution < -0.4 is 16.8 Å². The smallest absolute Gasteiger partial charge is 0.212 e. The van der Waals surface area contributed by atoms with Crippen LogP contribution in [-0.4, -0.2) is 10.9 Å². The van der Waals surface area contributed by atoms with Crippen LogP contribution in [0.1, 0.15) is 25.3 Å². The van der Waals surface area contributed by atoms with Crippen LogP contribution in [0.2, 0.25) is 0 Å². The molecular formula is C17H21N5OS. The molecule has 1 aromatic carbocycles. The molecule has 0 saturated carbocycles. The molecule has 0 saturated heterocycles. The van der Waals surface area contributed by atoms with Gasteiger partial charge in [0.15, 0.2) is 0 Å². The minimum atomic E-state index is 0.253. The third-order valence-corrected chi connectivity index (χ3v) is 3.68. The van der Waals surface area contributed by atoms with E-state index in [1.54, 1.807) is 5.38 Å². The average Bonchev–Trinajstić information content (AvgIpc) is 3.14. The Morgan fingerprint density at radius 1 is 1.29 bits per heavy atom. The highest BCUT2D eigenvalue weighted by Crippen LogP contribution is 2.23. The number of rotatable bonds is 3. The van der Waals surface area contributed by atoms with Crippen molar-refractivity contribution in [2.45, 2.75) is 20.8 Å². The predicted molar refractivity (Wildman–Crippen MR) is 103 cm³/mol. The number of thiazole rings is 1. The summed E-state index contributed by atoms with van der Waals surface area (Å²) in [7, 11) is 0. The summed E-state index contributed by atoms with van der Waals surface area (Å²) >= 11 is 1.35. The number of aromatic nitrogens is 1. The maximum atomic E-state index is 5.90. The maximum Gasteiger partial charge on any atom is 0.212 e. The Hall–Kier alpha value is -2.80. The molecule has 0 aliphatic heterocycles. The number of fused-ring (bicyclic) bond motifs is 1. The zero-order valence-corrected chi connectivity index (χ0v) is 14.8. The van der Waals surface area contributed by atoms with Crippen LogP contribution in [0.5, 0.6) is 0 Å². The first kappa shape index (κ1) is 17.6. The molecule has 0 radical (unpaired) electrons. The highest BCUT2D eigenvalue weighted by molar-refractivity contribution is 7.13. The van der Waals surface area contributed by atoms with E-state index in [1.165, 1.54) is 11.3 Å². The predicted octanol–water partition coefficient (Wildman–Crippen LogP) is 4.21. The molecule has 7 heteroatoms. The molecule has 0 atom stereocenters. The van der Waals surface area contributed by atoms with Crippen molar-refractivity contribution in [1.82, 2.24) is 4.98 Å². The number of benzene rings is 1. The SMILES string of the molecule is C=C(N)c1csc(N=C(N)Nc2ccc3oc(C)cc3c2)n1.CC. The number of nitrogens with one attached hydrogen (secondary N) is 1. The molecule has 5 N–H and O–H groups in total. The first-order valence-corrected chi connectivity index (χ1v) is 8.41. The maximum absolute atomic E-state index is 5.90. The van der Waals surface area contributed by atoms with E-state index in [1.807, 2.05) is 45.0 Å². The van der Waals surface area contributed by atoms with E-state index in [9.17, 15) is 0 Å². The minimum Gasteiger partial charge on any atom is -0.461 e. The molecule has 0 amide bonds.